The highest BCUT2D eigenvalue weighted by Gasteiger charge is 2.41. The first kappa shape index (κ1) is 17.0. The van der Waals surface area contributed by atoms with Crippen LogP contribution < -0.4 is 5.32 Å². The standard InChI is InChI=1S/C16H30N2O2/c1-6-8-13-15(19)17-14(12(5)7-2)16(20)18(13)10-9-11(3)4/h11-14H,6-10H2,1-5H3,(H,17,19). The van der Waals surface area contributed by atoms with Crippen molar-refractivity contribution < 1.29 is 9.59 Å². The summed E-state index contributed by atoms with van der Waals surface area (Å²) in [6.45, 7) is 11.1. The van der Waals surface area contributed by atoms with E-state index in [1.807, 2.05) is 11.8 Å². The summed E-state index contributed by atoms with van der Waals surface area (Å²) in [6.07, 6.45) is 3.51. The maximum absolute atomic E-state index is 12.7. The number of carbonyl (C=O) groups excluding carboxylic acids is 2. The van der Waals surface area contributed by atoms with Crippen LogP contribution in [0.5, 0.6) is 0 Å². The molecule has 1 rings (SSSR count). The molecule has 0 bridgehead atoms. The van der Waals surface area contributed by atoms with Gasteiger partial charge in [-0.05, 0) is 24.7 Å². The highest BCUT2D eigenvalue weighted by molar-refractivity contribution is 5.97. The minimum absolute atomic E-state index is 0.0282. The molecule has 4 nitrogen and oxygen atoms in total. The molecule has 3 unspecified atom stereocenters. The number of hydrogen-bond donors (Lipinski definition) is 1. The van der Waals surface area contributed by atoms with Gasteiger partial charge in [-0.3, -0.25) is 9.59 Å². The molecule has 0 aromatic heterocycles. The molecule has 0 radical (unpaired) electrons. The number of nitrogens with one attached hydrogen (secondary N) is 1. The van der Waals surface area contributed by atoms with E-state index in [-0.39, 0.29) is 29.8 Å². The predicted octanol–water partition coefficient (Wildman–Crippen LogP) is 2.57. The van der Waals surface area contributed by atoms with E-state index in [9.17, 15) is 9.59 Å². The molecule has 1 saturated heterocycles. The normalized spacial score (nSPS) is 25.0. The Bertz CT molecular complexity index is 341. The Hall–Kier alpha value is -1.06. The highest BCUT2D eigenvalue weighted by Crippen LogP contribution is 2.21. The fourth-order valence-corrected chi connectivity index (χ4v) is 2.63. The molecule has 1 aliphatic heterocycles. The van der Waals surface area contributed by atoms with E-state index < -0.39 is 0 Å². The van der Waals surface area contributed by atoms with Crippen LogP contribution in [0, 0.1) is 11.8 Å². The monoisotopic (exact) mass is 282 g/mol. The second-order valence-electron chi connectivity index (χ2n) is 6.39. The molecule has 0 aromatic rings. The summed E-state index contributed by atoms with van der Waals surface area (Å²) in [5.74, 6) is 0.867. The molecule has 3 atom stereocenters. The van der Waals surface area contributed by atoms with Crippen LogP contribution in [0.1, 0.15) is 60.3 Å². The minimum atomic E-state index is -0.340. The molecule has 0 aromatic carbocycles. The fraction of sp³-hybridized carbons (Fsp3) is 0.875. The van der Waals surface area contributed by atoms with Gasteiger partial charge < -0.3 is 10.2 Å². The van der Waals surface area contributed by atoms with Crippen LogP contribution in [-0.4, -0.2) is 35.3 Å². The zero-order chi connectivity index (χ0) is 15.3. The minimum Gasteiger partial charge on any atom is -0.342 e. The average Bonchev–Trinajstić information content (AvgIpc) is 2.41. The van der Waals surface area contributed by atoms with Gasteiger partial charge in [-0.25, -0.2) is 0 Å². The van der Waals surface area contributed by atoms with Crippen LogP contribution in [-0.2, 0) is 9.59 Å². The lowest BCUT2D eigenvalue weighted by atomic mass is 9.92. The van der Waals surface area contributed by atoms with Crippen molar-refractivity contribution in [3.63, 3.8) is 0 Å². The van der Waals surface area contributed by atoms with E-state index in [1.54, 1.807) is 0 Å². The molecule has 0 saturated carbocycles. The van der Waals surface area contributed by atoms with Gasteiger partial charge >= 0.3 is 0 Å². The van der Waals surface area contributed by atoms with E-state index in [1.165, 1.54) is 0 Å². The Kier molecular flexibility index (Phi) is 6.50. The number of nitrogens with zero attached hydrogens (tertiary/aromatic N) is 1. The molecule has 0 aliphatic carbocycles. The lowest BCUT2D eigenvalue weighted by molar-refractivity contribution is -0.151. The Balaban J connectivity index is 2.88. The number of piperazine rings is 1. The third kappa shape index (κ3) is 3.97. The van der Waals surface area contributed by atoms with Crippen LogP contribution in [0.15, 0.2) is 0 Å². The SMILES string of the molecule is CCCC1C(=O)NC(C(C)CC)C(=O)N1CCC(C)C. The largest absolute Gasteiger partial charge is 0.342 e. The van der Waals surface area contributed by atoms with Crippen LogP contribution in [0.3, 0.4) is 0 Å². The summed E-state index contributed by atoms with van der Waals surface area (Å²) in [6, 6.07) is -0.612. The highest BCUT2D eigenvalue weighted by atomic mass is 16.2. The van der Waals surface area contributed by atoms with Crippen LogP contribution in [0.4, 0.5) is 0 Å². The fourth-order valence-electron chi connectivity index (χ4n) is 2.63. The number of amides is 2. The van der Waals surface area contributed by atoms with Gasteiger partial charge in [-0.1, -0.05) is 47.5 Å². The first-order valence-electron chi connectivity index (χ1n) is 8.03. The molecule has 116 valence electrons. The van der Waals surface area contributed by atoms with Gasteiger partial charge in [-0.15, -0.1) is 0 Å². The molecule has 1 aliphatic rings. The van der Waals surface area contributed by atoms with Crippen LogP contribution in [0.2, 0.25) is 0 Å². The van der Waals surface area contributed by atoms with Crippen molar-refractivity contribution in [2.24, 2.45) is 11.8 Å². The first-order chi connectivity index (χ1) is 9.42. The third-order valence-corrected chi connectivity index (χ3v) is 4.25. The summed E-state index contributed by atoms with van der Waals surface area (Å²) in [4.78, 5) is 26.8. The van der Waals surface area contributed by atoms with Crippen molar-refractivity contribution >= 4 is 11.8 Å². The molecule has 1 N–H and O–H groups in total. The summed E-state index contributed by atoms with van der Waals surface area (Å²) in [7, 11) is 0. The predicted molar refractivity (Wildman–Crippen MR) is 81.2 cm³/mol. The molecule has 1 heterocycles. The molecule has 1 fully saturated rings. The Morgan fingerprint density at radius 3 is 2.35 bits per heavy atom. The summed E-state index contributed by atoms with van der Waals surface area (Å²) >= 11 is 0. The Labute approximate surface area is 123 Å². The summed E-state index contributed by atoms with van der Waals surface area (Å²) < 4.78 is 0. The maximum atomic E-state index is 12.7. The zero-order valence-electron chi connectivity index (χ0n) is 13.6. The van der Waals surface area contributed by atoms with Crippen molar-refractivity contribution in [2.75, 3.05) is 6.54 Å². The van der Waals surface area contributed by atoms with Gasteiger partial charge in [-0.2, -0.15) is 0 Å². The van der Waals surface area contributed by atoms with Gasteiger partial charge in [0.1, 0.15) is 12.1 Å². The molecular formula is C16H30N2O2. The lowest BCUT2D eigenvalue weighted by Crippen LogP contribution is -2.65. The zero-order valence-corrected chi connectivity index (χ0v) is 13.6. The van der Waals surface area contributed by atoms with Gasteiger partial charge in [0.05, 0.1) is 0 Å². The second kappa shape index (κ2) is 7.65. The second-order valence-corrected chi connectivity index (χ2v) is 6.39. The topological polar surface area (TPSA) is 49.4 Å². The van der Waals surface area contributed by atoms with Crippen molar-refractivity contribution in [2.45, 2.75) is 72.4 Å². The van der Waals surface area contributed by atoms with E-state index in [0.29, 0.717) is 12.5 Å². The number of carbonyl (C=O) groups is 2. The van der Waals surface area contributed by atoms with Crippen molar-refractivity contribution in [3.8, 4) is 0 Å². The van der Waals surface area contributed by atoms with Crippen LogP contribution >= 0.6 is 0 Å². The van der Waals surface area contributed by atoms with E-state index in [4.69, 9.17) is 0 Å². The smallest absolute Gasteiger partial charge is 0.246 e. The Morgan fingerprint density at radius 1 is 1.20 bits per heavy atom. The maximum Gasteiger partial charge on any atom is 0.246 e. The van der Waals surface area contributed by atoms with Gasteiger partial charge in [0.15, 0.2) is 0 Å². The van der Waals surface area contributed by atoms with E-state index in [2.05, 4.69) is 33.0 Å². The van der Waals surface area contributed by atoms with Gasteiger partial charge in [0.25, 0.3) is 0 Å². The summed E-state index contributed by atoms with van der Waals surface area (Å²) in [5.41, 5.74) is 0. The quantitative estimate of drug-likeness (QED) is 0.780. The molecular weight excluding hydrogens is 252 g/mol. The number of hydrogen-bond acceptors (Lipinski definition) is 2. The Morgan fingerprint density at radius 2 is 1.85 bits per heavy atom. The van der Waals surface area contributed by atoms with Gasteiger partial charge in [0.2, 0.25) is 11.8 Å². The van der Waals surface area contributed by atoms with Crippen molar-refractivity contribution in [1.82, 2.24) is 10.2 Å². The molecule has 20 heavy (non-hydrogen) atoms. The summed E-state index contributed by atoms with van der Waals surface area (Å²) in [5, 5.41) is 2.94. The van der Waals surface area contributed by atoms with Crippen molar-refractivity contribution in [3.05, 3.63) is 0 Å². The van der Waals surface area contributed by atoms with Crippen molar-refractivity contribution in [1.29, 1.82) is 0 Å². The molecule has 4 heteroatoms. The van der Waals surface area contributed by atoms with Gasteiger partial charge in [0, 0.05) is 6.54 Å². The van der Waals surface area contributed by atoms with Crippen LogP contribution in [0.25, 0.3) is 0 Å². The number of rotatable bonds is 7. The lowest BCUT2D eigenvalue weighted by Gasteiger charge is -2.41. The third-order valence-electron chi connectivity index (χ3n) is 4.25. The average molecular weight is 282 g/mol. The molecule has 2 amide bonds. The molecule has 0 spiro atoms. The van der Waals surface area contributed by atoms with E-state index in [0.717, 1.165) is 25.7 Å². The first-order valence-corrected chi connectivity index (χ1v) is 8.03. The van der Waals surface area contributed by atoms with E-state index >= 15 is 0 Å².